The number of aromatic nitrogens is 1. The molecule has 0 fully saturated rings. The van der Waals surface area contributed by atoms with Gasteiger partial charge in [0.15, 0.2) is 10.9 Å². The molecular weight excluding hydrogens is 370 g/mol. The van der Waals surface area contributed by atoms with Gasteiger partial charge in [0.25, 0.3) is 5.91 Å². The predicted molar refractivity (Wildman–Crippen MR) is 103 cm³/mol. The van der Waals surface area contributed by atoms with Gasteiger partial charge >= 0.3 is 5.69 Å². The Hall–Kier alpha value is -3.20. The Labute approximate surface area is 158 Å². The summed E-state index contributed by atoms with van der Waals surface area (Å²) in [6.45, 7) is 4.49. The first-order valence-electron chi connectivity index (χ1n) is 8.27. The number of nitrogens with zero attached hydrogens (tertiary/aromatic N) is 2. The summed E-state index contributed by atoms with van der Waals surface area (Å²) in [5.74, 6) is 0.376. The Kier molecular flexibility index (Phi) is 5.51. The number of benzene rings is 2. The van der Waals surface area contributed by atoms with Crippen LogP contribution in [0.15, 0.2) is 36.4 Å². The maximum atomic E-state index is 12.5. The number of nitro groups is 1. The quantitative estimate of drug-likeness (QED) is 0.480. The number of rotatable bonds is 7. The standard InChI is InChI=1S/C18H17N3O5S/c1-3-25-12-6-7-13-16(10-12)27-18(19-13)20-17(22)11-5-8-15(26-4-2)14(9-11)21(23)24/h5-10H,3-4H2,1-2H3,(H,19,20,22). The zero-order valence-electron chi connectivity index (χ0n) is 14.7. The molecule has 0 saturated carbocycles. The molecule has 0 bridgehead atoms. The summed E-state index contributed by atoms with van der Waals surface area (Å²) in [6, 6.07) is 9.58. The first-order valence-corrected chi connectivity index (χ1v) is 9.09. The van der Waals surface area contributed by atoms with Gasteiger partial charge in [0.1, 0.15) is 5.75 Å². The fraction of sp³-hybridized carbons (Fsp3) is 0.222. The Bertz CT molecular complexity index is 1000. The molecule has 0 aliphatic rings. The molecule has 9 heteroatoms. The van der Waals surface area contributed by atoms with Crippen LogP contribution in [-0.2, 0) is 0 Å². The highest BCUT2D eigenvalue weighted by molar-refractivity contribution is 7.22. The van der Waals surface area contributed by atoms with Gasteiger partial charge in [-0.25, -0.2) is 4.98 Å². The summed E-state index contributed by atoms with van der Waals surface area (Å²) in [6.07, 6.45) is 0. The summed E-state index contributed by atoms with van der Waals surface area (Å²) < 4.78 is 11.6. The van der Waals surface area contributed by atoms with Crippen LogP contribution >= 0.6 is 11.3 Å². The molecule has 0 unspecified atom stereocenters. The van der Waals surface area contributed by atoms with Crippen LogP contribution in [0.3, 0.4) is 0 Å². The highest BCUT2D eigenvalue weighted by Gasteiger charge is 2.19. The lowest BCUT2D eigenvalue weighted by Gasteiger charge is -2.06. The summed E-state index contributed by atoms with van der Waals surface area (Å²) in [7, 11) is 0. The van der Waals surface area contributed by atoms with E-state index in [1.54, 1.807) is 6.92 Å². The molecule has 0 atom stereocenters. The van der Waals surface area contributed by atoms with E-state index in [2.05, 4.69) is 10.3 Å². The molecular formula is C18H17N3O5S. The van der Waals surface area contributed by atoms with Gasteiger partial charge in [0.2, 0.25) is 0 Å². The minimum Gasteiger partial charge on any atom is -0.494 e. The minimum absolute atomic E-state index is 0.127. The molecule has 1 amide bonds. The summed E-state index contributed by atoms with van der Waals surface area (Å²) in [4.78, 5) is 27.5. The molecule has 0 aliphatic heterocycles. The number of ether oxygens (including phenoxy) is 2. The van der Waals surface area contributed by atoms with Crippen LogP contribution in [0.2, 0.25) is 0 Å². The van der Waals surface area contributed by atoms with Crippen LogP contribution in [-0.4, -0.2) is 29.0 Å². The lowest BCUT2D eigenvalue weighted by Crippen LogP contribution is -2.12. The molecule has 0 aliphatic carbocycles. The van der Waals surface area contributed by atoms with Crippen molar-refractivity contribution in [2.75, 3.05) is 18.5 Å². The van der Waals surface area contributed by atoms with Crippen molar-refractivity contribution >= 4 is 38.3 Å². The number of nitro benzene ring substituents is 1. The van der Waals surface area contributed by atoms with Crippen LogP contribution in [0.1, 0.15) is 24.2 Å². The van der Waals surface area contributed by atoms with E-state index in [1.165, 1.54) is 29.5 Å². The lowest BCUT2D eigenvalue weighted by molar-refractivity contribution is -0.385. The largest absolute Gasteiger partial charge is 0.494 e. The number of carbonyl (C=O) groups excluding carboxylic acids is 1. The van der Waals surface area contributed by atoms with Gasteiger partial charge in [-0.2, -0.15) is 0 Å². The summed E-state index contributed by atoms with van der Waals surface area (Å²) in [5, 5.41) is 14.3. The predicted octanol–water partition coefficient (Wildman–Crippen LogP) is 4.25. The highest BCUT2D eigenvalue weighted by atomic mass is 32.1. The van der Waals surface area contributed by atoms with Gasteiger partial charge in [-0.15, -0.1) is 0 Å². The van der Waals surface area contributed by atoms with E-state index in [1.807, 2.05) is 25.1 Å². The normalized spacial score (nSPS) is 10.6. The van der Waals surface area contributed by atoms with Crippen molar-refractivity contribution in [3.05, 3.63) is 52.1 Å². The average Bonchev–Trinajstić information content (AvgIpc) is 3.03. The molecule has 0 radical (unpaired) electrons. The van der Waals surface area contributed by atoms with Gasteiger partial charge in [0.05, 0.1) is 28.4 Å². The fourth-order valence-electron chi connectivity index (χ4n) is 2.46. The van der Waals surface area contributed by atoms with Gasteiger partial charge in [-0.05, 0) is 44.2 Å². The van der Waals surface area contributed by atoms with Crippen LogP contribution in [0.25, 0.3) is 10.2 Å². The zero-order chi connectivity index (χ0) is 19.4. The van der Waals surface area contributed by atoms with Gasteiger partial charge in [-0.3, -0.25) is 20.2 Å². The molecule has 1 heterocycles. The van der Waals surface area contributed by atoms with Crippen molar-refractivity contribution in [1.82, 2.24) is 4.98 Å². The van der Waals surface area contributed by atoms with E-state index in [4.69, 9.17) is 9.47 Å². The minimum atomic E-state index is -0.575. The van der Waals surface area contributed by atoms with E-state index in [-0.39, 0.29) is 17.0 Å². The molecule has 140 valence electrons. The molecule has 8 nitrogen and oxygen atoms in total. The van der Waals surface area contributed by atoms with Crippen LogP contribution in [0.4, 0.5) is 10.8 Å². The smallest absolute Gasteiger partial charge is 0.311 e. The molecule has 3 rings (SSSR count). The van der Waals surface area contributed by atoms with Crippen molar-refractivity contribution in [3.8, 4) is 11.5 Å². The molecule has 27 heavy (non-hydrogen) atoms. The van der Waals surface area contributed by atoms with E-state index in [0.29, 0.717) is 18.3 Å². The number of amides is 1. The van der Waals surface area contributed by atoms with Crippen LogP contribution in [0, 0.1) is 10.1 Å². The number of hydrogen-bond acceptors (Lipinski definition) is 7. The number of hydrogen-bond donors (Lipinski definition) is 1. The SMILES string of the molecule is CCOc1ccc2nc(NC(=O)c3ccc(OCC)c([N+](=O)[O-])c3)sc2c1. The maximum Gasteiger partial charge on any atom is 0.311 e. The summed E-state index contributed by atoms with van der Waals surface area (Å²) in [5.41, 5.74) is 0.631. The van der Waals surface area contributed by atoms with Crippen molar-refractivity contribution in [1.29, 1.82) is 0 Å². The Morgan fingerprint density at radius 3 is 2.67 bits per heavy atom. The summed E-state index contributed by atoms with van der Waals surface area (Å²) >= 11 is 1.30. The van der Waals surface area contributed by atoms with Gasteiger partial charge in [0, 0.05) is 11.6 Å². The van der Waals surface area contributed by atoms with E-state index < -0.39 is 10.8 Å². The molecule has 2 aromatic carbocycles. The second-order valence-corrected chi connectivity index (χ2v) is 6.44. The third kappa shape index (κ3) is 4.14. The molecule has 1 N–H and O–H groups in total. The Balaban J connectivity index is 1.83. The van der Waals surface area contributed by atoms with Crippen LogP contribution < -0.4 is 14.8 Å². The van der Waals surface area contributed by atoms with E-state index >= 15 is 0 Å². The van der Waals surface area contributed by atoms with Crippen LogP contribution in [0.5, 0.6) is 11.5 Å². The highest BCUT2D eigenvalue weighted by Crippen LogP contribution is 2.31. The topological polar surface area (TPSA) is 104 Å². The maximum absolute atomic E-state index is 12.5. The van der Waals surface area contributed by atoms with Crippen molar-refractivity contribution in [2.24, 2.45) is 0 Å². The Morgan fingerprint density at radius 2 is 1.96 bits per heavy atom. The Morgan fingerprint density at radius 1 is 1.19 bits per heavy atom. The third-order valence-electron chi connectivity index (χ3n) is 3.61. The van der Waals surface area contributed by atoms with Gasteiger partial charge in [-0.1, -0.05) is 11.3 Å². The zero-order valence-corrected chi connectivity index (χ0v) is 15.5. The first kappa shape index (κ1) is 18.6. The second kappa shape index (κ2) is 8.00. The molecule has 0 saturated heterocycles. The molecule has 1 aromatic heterocycles. The number of nitrogens with one attached hydrogen (secondary N) is 1. The second-order valence-electron chi connectivity index (χ2n) is 5.41. The molecule has 0 spiro atoms. The number of fused-ring (bicyclic) bond motifs is 1. The average molecular weight is 387 g/mol. The molecule has 3 aromatic rings. The van der Waals surface area contributed by atoms with Crippen molar-refractivity contribution in [2.45, 2.75) is 13.8 Å². The lowest BCUT2D eigenvalue weighted by atomic mass is 10.2. The number of anilines is 1. The number of thiazole rings is 1. The monoisotopic (exact) mass is 387 g/mol. The van der Waals surface area contributed by atoms with Gasteiger partial charge < -0.3 is 9.47 Å². The van der Waals surface area contributed by atoms with Crippen molar-refractivity contribution < 1.29 is 19.2 Å². The third-order valence-corrected chi connectivity index (χ3v) is 4.54. The first-order chi connectivity index (χ1) is 13.0. The number of carbonyl (C=O) groups is 1. The fourth-order valence-corrected chi connectivity index (χ4v) is 3.35. The van der Waals surface area contributed by atoms with E-state index in [9.17, 15) is 14.9 Å². The van der Waals surface area contributed by atoms with Crippen molar-refractivity contribution in [3.63, 3.8) is 0 Å². The van der Waals surface area contributed by atoms with E-state index in [0.717, 1.165) is 16.0 Å².